The summed E-state index contributed by atoms with van der Waals surface area (Å²) in [5, 5.41) is 2.49. The topological polar surface area (TPSA) is 127 Å². The quantitative estimate of drug-likeness (QED) is 0.775. The second-order valence-corrected chi connectivity index (χ2v) is 5.25. The number of fused-ring (bicyclic) bond motifs is 1. The van der Waals surface area contributed by atoms with Gasteiger partial charge in [-0.3, -0.25) is 9.88 Å². The van der Waals surface area contributed by atoms with E-state index in [1.807, 2.05) is 6.07 Å². The van der Waals surface area contributed by atoms with Crippen molar-refractivity contribution in [3.8, 4) is 11.1 Å². The van der Waals surface area contributed by atoms with Crippen molar-refractivity contribution in [3.63, 3.8) is 0 Å². The number of primary amides is 2. The molecule has 1 aliphatic rings. The summed E-state index contributed by atoms with van der Waals surface area (Å²) in [6.07, 6.45) is 6.50. The lowest BCUT2D eigenvalue weighted by molar-refractivity contribution is 0.253. The smallest absolute Gasteiger partial charge is 0.320 e. The molecule has 118 valence electrons. The monoisotopic (exact) mass is 312 g/mol. The number of carbonyl (C=O) groups is 2. The molecule has 3 rings (SSSR count). The molecule has 0 radical (unpaired) electrons. The van der Waals surface area contributed by atoms with E-state index in [0.717, 1.165) is 29.5 Å². The number of carbonyl (C=O) groups excluding carboxylic acids is 2. The molecular weight excluding hydrogens is 296 g/mol. The molecule has 0 saturated carbocycles. The summed E-state index contributed by atoms with van der Waals surface area (Å²) in [4.78, 5) is 32.3. The molecule has 4 amide bonds. The fraction of sp³-hybridized carbons (Fsp3) is 0.200. The second kappa shape index (κ2) is 5.91. The highest BCUT2D eigenvalue weighted by Crippen LogP contribution is 2.29. The minimum absolute atomic E-state index is 0.500. The number of aryl methyl sites for hydroxylation is 1. The average molecular weight is 312 g/mol. The number of anilines is 2. The van der Waals surface area contributed by atoms with E-state index in [-0.39, 0.29) is 0 Å². The zero-order valence-electron chi connectivity index (χ0n) is 12.3. The molecule has 8 heteroatoms. The Balaban J connectivity index is 1.96. The van der Waals surface area contributed by atoms with Gasteiger partial charge < -0.3 is 16.8 Å². The van der Waals surface area contributed by atoms with Gasteiger partial charge in [0.25, 0.3) is 0 Å². The third-order valence-corrected chi connectivity index (χ3v) is 3.63. The zero-order valence-corrected chi connectivity index (χ0v) is 12.3. The highest BCUT2D eigenvalue weighted by Gasteiger charge is 2.22. The maximum absolute atomic E-state index is 11.5. The van der Waals surface area contributed by atoms with Gasteiger partial charge in [-0.15, -0.1) is 0 Å². The van der Waals surface area contributed by atoms with Crippen LogP contribution in [0.25, 0.3) is 11.1 Å². The normalized spacial score (nSPS) is 13.3. The van der Waals surface area contributed by atoms with Crippen molar-refractivity contribution in [1.29, 1.82) is 0 Å². The molecule has 8 nitrogen and oxygen atoms in total. The fourth-order valence-electron chi connectivity index (χ4n) is 2.64. The van der Waals surface area contributed by atoms with E-state index in [4.69, 9.17) is 11.5 Å². The van der Waals surface area contributed by atoms with Crippen LogP contribution >= 0.6 is 0 Å². The first-order valence-corrected chi connectivity index (χ1v) is 7.12. The molecule has 0 saturated heterocycles. The highest BCUT2D eigenvalue weighted by molar-refractivity contribution is 5.91. The Kier molecular flexibility index (Phi) is 3.80. The Hall–Kier alpha value is -3.16. The molecule has 0 bridgehead atoms. The van der Waals surface area contributed by atoms with E-state index < -0.39 is 12.1 Å². The van der Waals surface area contributed by atoms with Crippen LogP contribution < -0.4 is 21.7 Å². The van der Waals surface area contributed by atoms with E-state index in [9.17, 15) is 9.59 Å². The third-order valence-electron chi connectivity index (χ3n) is 3.63. The number of pyridine rings is 2. The number of nitrogens with one attached hydrogen (secondary N) is 1. The van der Waals surface area contributed by atoms with E-state index in [2.05, 4.69) is 15.3 Å². The van der Waals surface area contributed by atoms with Crippen LogP contribution in [-0.2, 0) is 6.42 Å². The standard InChI is InChI=1S/C15H16N6O2/c16-14(22)20-12-5-11(6-18-8-12)10-4-9-2-1-3-21(15(17)23)13(9)19-7-10/h4-8H,1-3H2,(H2,17,23)(H3,16,20,22). The van der Waals surface area contributed by atoms with Gasteiger partial charge in [0.15, 0.2) is 0 Å². The predicted octanol–water partition coefficient (Wildman–Crippen LogP) is 1.47. The zero-order chi connectivity index (χ0) is 16.4. The van der Waals surface area contributed by atoms with Gasteiger partial charge >= 0.3 is 12.1 Å². The Bertz CT molecular complexity index is 776. The van der Waals surface area contributed by atoms with Crippen molar-refractivity contribution in [2.45, 2.75) is 12.8 Å². The Morgan fingerprint density at radius 1 is 1.13 bits per heavy atom. The van der Waals surface area contributed by atoms with Crippen LogP contribution in [0.5, 0.6) is 0 Å². The number of hydrogen-bond acceptors (Lipinski definition) is 4. The van der Waals surface area contributed by atoms with Crippen LogP contribution in [-0.4, -0.2) is 28.6 Å². The summed E-state index contributed by atoms with van der Waals surface area (Å²) < 4.78 is 0. The van der Waals surface area contributed by atoms with E-state index in [0.29, 0.717) is 18.1 Å². The van der Waals surface area contributed by atoms with E-state index in [1.54, 1.807) is 18.5 Å². The van der Waals surface area contributed by atoms with Crippen LogP contribution in [0.3, 0.4) is 0 Å². The van der Waals surface area contributed by atoms with E-state index >= 15 is 0 Å². The number of hydrogen-bond donors (Lipinski definition) is 3. The van der Waals surface area contributed by atoms with Gasteiger partial charge in [-0.05, 0) is 30.5 Å². The molecule has 5 N–H and O–H groups in total. The molecule has 0 spiro atoms. The minimum Gasteiger partial charge on any atom is -0.351 e. The fourth-order valence-corrected chi connectivity index (χ4v) is 2.64. The highest BCUT2D eigenvalue weighted by atomic mass is 16.2. The van der Waals surface area contributed by atoms with Crippen molar-refractivity contribution in [1.82, 2.24) is 9.97 Å². The lowest BCUT2D eigenvalue weighted by Crippen LogP contribution is -2.40. The van der Waals surface area contributed by atoms with Crippen molar-refractivity contribution < 1.29 is 9.59 Å². The van der Waals surface area contributed by atoms with Crippen LogP contribution in [0.15, 0.2) is 30.7 Å². The van der Waals surface area contributed by atoms with Crippen LogP contribution in [0.2, 0.25) is 0 Å². The first kappa shape index (κ1) is 14.8. The van der Waals surface area contributed by atoms with Gasteiger partial charge in [-0.2, -0.15) is 0 Å². The molecule has 0 aromatic carbocycles. The molecule has 0 atom stereocenters. The molecule has 23 heavy (non-hydrogen) atoms. The lowest BCUT2D eigenvalue weighted by atomic mass is 10.0. The number of aromatic nitrogens is 2. The van der Waals surface area contributed by atoms with Crippen molar-refractivity contribution in [2.24, 2.45) is 11.5 Å². The molecule has 2 aromatic heterocycles. The largest absolute Gasteiger partial charge is 0.351 e. The van der Waals surface area contributed by atoms with E-state index in [1.165, 1.54) is 11.1 Å². The van der Waals surface area contributed by atoms with Gasteiger partial charge in [0.1, 0.15) is 5.82 Å². The van der Waals surface area contributed by atoms with Crippen LogP contribution in [0.1, 0.15) is 12.0 Å². The summed E-state index contributed by atoms with van der Waals surface area (Å²) >= 11 is 0. The van der Waals surface area contributed by atoms with Gasteiger partial charge in [0.2, 0.25) is 0 Å². The van der Waals surface area contributed by atoms with Crippen LogP contribution in [0, 0.1) is 0 Å². The average Bonchev–Trinajstić information content (AvgIpc) is 2.53. The Labute approximate surface area is 132 Å². The first-order valence-electron chi connectivity index (χ1n) is 7.12. The molecule has 0 unspecified atom stereocenters. The summed E-state index contributed by atoms with van der Waals surface area (Å²) in [5.74, 6) is 0.604. The molecule has 0 aliphatic carbocycles. The Morgan fingerprint density at radius 2 is 1.91 bits per heavy atom. The number of nitrogens with two attached hydrogens (primary N) is 2. The summed E-state index contributed by atoms with van der Waals surface area (Å²) in [6, 6.07) is 2.57. The Morgan fingerprint density at radius 3 is 2.65 bits per heavy atom. The number of rotatable bonds is 2. The van der Waals surface area contributed by atoms with Gasteiger partial charge in [0, 0.05) is 30.1 Å². The maximum Gasteiger partial charge on any atom is 0.320 e. The summed E-state index contributed by atoms with van der Waals surface area (Å²) in [5.41, 5.74) is 13.6. The lowest BCUT2D eigenvalue weighted by Gasteiger charge is -2.26. The maximum atomic E-state index is 11.5. The first-order chi connectivity index (χ1) is 11.0. The van der Waals surface area contributed by atoms with Gasteiger partial charge in [-0.25, -0.2) is 14.6 Å². The molecule has 1 aliphatic heterocycles. The van der Waals surface area contributed by atoms with Crippen molar-refractivity contribution in [3.05, 3.63) is 36.3 Å². The third kappa shape index (κ3) is 3.05. The van der Waals surface area contributed by atoms with Crippen LogP contribution in [0.4, 0.5) is 21.1 Å². The van der Waals surface area contributed by atoms with Gasteiger partial charge in [-0.1, -0.05) is 0 Å². The predicted molar refractivity (Wildman–Crippen MR) is 85.9 cm³/mol. The van der Waals surface area contributed by atoms with Crippen molar-refractivity contribution >= 4 is 23.6 Å². The minimum atomic E-state index is -0.649. The summed E-state index contributed by atoms with van der Waals surface area (Å²) in [7, 11) is 0. The van der Waals surface area contributed by atoms with Crippen molar-refractivity contribution in [2.75, 3.05) is 16.8 Å². The van der Waals surface area contributed by atoms with Gasteiger partial charge in [0.05, 0.1) is 11.9 Å². The molecule has 2 aromatic rings. The summed E-state index contributed by atoms with van der Waals surface area (Å²) in [6.45, 7) is 0.578. The molecule has 0 fully saturated rings. The SMILES string of the molecule is NC(=O)Nc1cncc(-c2cnc3c(c2)CCCN3C(N)=O)c1. The molecule has 3 heterocycles. The second-order valence-electron chi connectivity index (χ2n) is 5.25. The number of amides is 4. The number of nitrogens with zero attached hydrogens (tertiary/aromatic N) is 3. The number of urea groups is 2. The molecular formula is C15H16N6O2.